The van der Waals surface area contributed by atoms with Gasteiger partial charge in [-0.05, 0) is 89.9 Å². The monoisotopic (exact) mass is 737 g/mol. The van der Waals surface area contributed by atoms with Gasteiger partial charge in [-0.2, -0.15) is 0 Å². The lowest BCUT2D eigenvalue weighted by atomic mass is 10.0. The SMILES string of the molecule is CC/C=C\C/C=C\C/C=C\C/C=C\CCCCC(=O)NC(COP(=O)([O-])OCC[N+](C)(C)C)C(O)C(O)CCC/C=C/CC/C=C/CCCCC. The molecule has 0 aromatic heterocycles. The van der Waals surface area contributed by atoms with Crippen molar-refractivity contribution >= 4 is 13.7 Å². The van der Waals surface area contributed by atoms with Crippen molar-refractivity contribution in [2.24, 2.45) is 0 Å². The fourth-order valence-electron chi connectivity index (χ4n) is 4.85. The highest BCUT2D eigenvalue weighted by molar-refractivity contribution is 7.45. The quantitative estimate of drug-likeness (QED) is 0.0267. The molecule has 0 rings (SSSR count). The van der Waals surface area contributed by atoms with Crippen molar-refractivity contribution < 1.29 is 38.0 Å². The van der Waals surface area contributed by atoms with Crippen LogP contribution in [0, 0.1) is 0 Å². The number of carbonyl (C=O) groups is 1. The number of phosphoric acid groups is 1. The number of nitrogens with zero attached hydrogens (tertiary/aromatic N) is 1. The van der Waals surface area contributed by atoms with E-state index in [2.05, 4.69) is 92.1 Å². The van der Waals surface area contributed by atoms with Crippen LogP contribution >= 0.6 is 7.82 Å². The van der Waals surface area contributed by atoms with Crippen molar-refractivity contribution in [1.29, 1.82) is 0 Å². The van der Waals surface area contributed by atoms with E-state index in [0.717, 1.165) is 64.2 Å². The molecule has 0 fully saturated rings. The fraction of sp³-hybridized carbons (Fsp3) is 0.683. The van der Waals surface area contributed by atoms with Crippen LogP contribution in [0.1, 0.15) is 123 Å². The molecule has 0 aromatic rings. The van der Waals surface area contributed by atoms with Crippen LogP contribution in [0.5, 0.6) is 0 Å². The molecule has 4 atom stereocenters. The molecule has 9 nitrogen and oxygen atoms in total. The number of aliphatic hydroxyl groups excluding tert-OH is 2. The molecular weight excluding hydrogens is 663 g/mol. The number of nitrogens with one attached hydrogen (secondary N) is 1. The summed E-state index contributed by atoms with van der Waals surface area (Å²) in [5.41, 5.74) is 0. The molecule has 51 heavy (non-hydrogen) atoms. The molecule has 10 heteroatoms. The Balaban J connectivity index is 4.78. The molecule has 0 saturated heterocycles. The van der Waals surface area contributed by atoms with Crippen LogP contribution < -0.4 is 10.2 Å². The van der Waals surface area contributed by atoms with Gasteiger partial charge in [0.15, 0.2) is 0 Å². The van der Waals surface area contributed by atoms with Gasteiger partial charge < -0.3 is 34.0 Å². The lowest BCUT2D eigenvalue weighted by Crippen LogP contribution is -2.51. The van der Waals surface area contributed by atoms with Crippen LogP contribution in [0.2, 0.25) is 0 Å². The number of unbranched alkanes of at least 4 members (excludes halogenated alkanes) is 7. The molecule has 1 amide bonds. The van der Waals surface area contributed by atoms with E-state index in [1.54, 1.807) is 0 Å². The molecule has 0 saturated carbocycles. The predicted octanol–water partition coefficient (Wildman–Crippen LogP) is 8.41. The minimum atomic E-state index is -4.69. The molecule has 0 radical (unpaired) electrons. The van der Waals surface area contributed by atoms with Crippen molar-refractivity contribution in [2.75, 3.05) is 40.9 Å². The fourth-order valence-corrected chi connectivity index (χ4v) is 5.57. The number of rotatable bonds is 33. The van der Waals surface area contributed by atoms with Crippen molar-refractivity contribution in [3.63, 3.8) is 0 Å². The summed E-state index contributed by atoms with van der Waals surface area (Å²) in [5.74, 6) is -0.339. The van der Waals surface area contributed by atoms with E-state index < -0.39 is 32.7 Å². The topological polar surface area (TPSA) is 128 Å². The molecule has 0 heterocycles. The average Bonchev–Trinajstić information content (AvgIpc) is 3.07. The smallest absolute Gasteiger partial charge is 0.268 e. The Labute approximate surface area is 311 Å². The number of likely N-dealkylation sites (N-methyl/N-ethyl adjacent to an activating group) is 1. The highest BCUT2D eigenvalue weighted by Gasteiger charge is 2.29. The molecule has 4 unspecified atom stereocenters. The van der Waals surface area contributed by atoms with Gasteiger partial charge in [0.1, 0.15) is 19.3 Å². The predicted molar refractivity (Wildman–Crippen MR) is 211 cm³/mol. The summed E-state index contributed by atoms with van der Waals surface area (Å²) in [6.45, 7) is 4.18. The summed E-state index contributed by atoms with van der Waals surface area (Å²) in [6.07, 6.45) is 38.1. The summed E-state index contributed by atoms with van der Waals surface area (Å²) in [4.78, 5) is 25.2. The van der Waals surface area contributed by atoms with Crippen molar-refractivity contribution in [2.45, 2.75) is 141 Å². The molecule has 0 aliphatic carbocycles. The summed E-state index contributed by atoms with van der Waals surface area (Å²) >= 11 is 0. The second kappa shape index (κ2) is 32.5. The minimum Gasteiger partial charge on any atom is -0.756 e. The van der Waals surface area contributed by atoms with Gasteiger partial charge >= 0.3 is 0 Å². The first-order valence-corrected chi connectivity index (χ1v) is 20.8. The lowest BCUT2D eigenvalue weighted by Gasteiger charge is -2.31. The van der Waals surface area contributed by atoms with Crippen LogP contribution in [0.3, 0.4) is 0 Å². The average molecular weight is 737 g/mol. The number of aliphatic hydroxyl groups is 2. The number of hydrogen-bond donors (Lipinski definition) is 3. The Morgan fingerprint density at radius 3 is 1.80 bits per heavy atom. The lowest BCUT2D eigenvalue weighted by molar-refractivity contribution is -0.870. The molecule has 0 spiro atoms. The van der Waals surface area contributed by atoms with Crippen molar-refractivity contribution in [1.82, 2.24) is 5.32 Å². The van der Waals surface area contributed by atoms with Crippen LogP contribution in [0.25, 0.3) is 0 Å². The number of allylic oxidation sites excluding steroid dienone is 12. The van der Waals surface area contributed by atoms with E-state index in [4.69, 9.17) is 9.05 Å². The van der Waals surface area contributed by atoms with Gasteiger partial charge in [-0.3, -0.25) is 9.36 Å². The zero-order valence-corrected chi connectivity index (χ0v) is 33.5. The molecule has 0 aromatic carbocycles. The third-order valence-corrected chi connectivity index (χ3v) is 8.96. The summed E-state index contributed by atoms with van der Waals surface area (Å²) in [7, 11) is 1.05. The van der Waals surface area contributed by atoms with E-state index in [1.165, 1.54) is 19.3 Å². The maximum atomic E-state index is 12.8. The van der Waals surface area contributed by atoms with E-state index in [0.29, 0.717) is 30.3 Å². The number of carbonyl (C=O) groups excluding carboxylic acids is 1. The van der Waals surface area contributed by atoms with Crippen molar-refractivity contribution in [3.8, 4) is 0 Å². The van der Waals surface area contributed by atoms with Gasteiger partial charge in [-0.1, -0.05) is 99.6 Å². The summed E-state index contributed by atoms with van der Waals surface area (Å²) in [5, 5.41) is 24.4. The third-order valence-electron chi connectivity index (χ3n) is 8.00. The highest BCUT2D eigenvalue weighted by atomic mass is 31.2. The number of amides is 1. The Kier molecular flexibility index (Phi) is 31.2. The van der Waals surface area contributed by atoms with Crippen molar-refractivity contribution in [3.05, 3.63) is 72.9 Å². The molecule has 0 bridgehead atoms. The number of hydrogen-bond acceptors (Lipinski definition) is 7. The largest absolute Gasteiger partial charge is 0.756 e. The van der Waals surface area contributed by atoms with E-state index in [1.807, 2.05) is 21.1 Å². The van der Waals surface area contributed by atoms with Gasteiger partial charge in [-0.25, -0.2) is 0 Å². The molecular formula is C41H73N2O7P. The van der Waals surface area contributed by atoms with Crippen LogP contribution in [0.15, 0.2) is 72.9 Å². The van der Waals surface area contributed by atoms with Crippen LogP contribution in [-0.4, -0.2) is 79.8 Å². The minimum absolute atomic E-state index is 0.0610. The van der Waals surface area contributed by atoms with Gasteiger partial charge in [0.05, 0.1) is 39.9 Å². The second-order valence-corrected chi connectivity index (χ2v) is 15.4. The van der Waals surface area contributed by atoms with Gasteiger partial charge in [-0.15, -0.1) is 0 Å². The molecule has 3 N–H and O–H groups in total. The van der Waals surface area contributed by atoms with Gasteiger partial charge in [0.25, 0.3) is 7.82 Å². The van der Waals surface area contributed by atoms with Gasteiger partial charge in [0.2, 0.25) is 5.91 Å². The maximum Gasteiger partial charge on any atom is 0.268 e. The number of phosphoric ester groups is 1. The molecule has 0 aliphatic rings. The molecule has 0 aliphatic heterocycles. The van der Waals surface area contributed by atoms with Crippen LogP contribution in [0.4, 0.5) is 0 Å². The highest BCUT2D eigenvalue weighted by Crippen LogP contribution is 2.38. The summed E-state index contributed by atoms with van der Waals surface area (Å²) < 4.78 is 23.0. The van der Waals surface area contributed by atoms with Crippen LogP contribution in [-0.2, 0) is 18.4 Å². The molecule has 294 valence electrons. The zero-order chi connectivity index (χ0) is 38.1. The van der Waals surface area contributed by atoms with E-state index >= 15 is 0 Å². The first kappa shape index (κ1) is 48.9. The third kappa shape index (κ3) is 33.5. The Hall–Kier alpha value is -2.10. The zero-order valence-electron chi connectivity index (χ0n) is 32.6. The second-order valence-electron chi connectivity index (χ2n) is 14.0. The first-order chi connectivity index (χ1) is 24.4. The normalized spacial score (nSPS) is 16.0. The van der Waals surface area contributed by atoms with E-state index in [9.17, 15) is 24.5 Å². The van der Waals surface area contributed by atoms with E-state index in [-0.39, 0.29) is 18.9 Å². The van der Waals surface area contributed by atoms with Gasteiger partial charge in [0, 0.05) is 6.42 Å². The summed E-state index contributed by atoms with van der Waals surface area (Å²) in [6, 6.07) is -1.12. The Bertz CT molecular complexity index is 1080. The Morgan fingerprint density at radius 1 is 0.725 bits per heavy atom. The maximum absolute atomic E-state index is 12.8. The first-order valence-electron chi connectivity index (χ1n) is 19.4. The standard InChI is InChI=1S/C41H73N2O7P/c1-6-8-10-12-14-16-18-20-21-22-24-26-28-30-32-34-40(45)42-38(37-50-51(47,48)49-36-35-43(3,4)5)41(46)39(44)33-31-29-27-25-23-19-17-15-13-11-9-7-2/h8,10,14-17,20-21,24-27,38-39,41,44,46H,6-7,9,11-13,18-19,22-23,28-37H2,1-5H3,(H-,42,45,47,48)/b10-8-,16-14-,17-15+,21-20-,26-24-,27-25+. The Morgan fingerprint density at radius 2 is 1.24 bits per heavy atom. The number of quaternary nitrogens is 1.